The van der Waals surface area contributed by atoms with Crippen LogP contribution in [0.1, 0.15) is 11.3 Å². The van der Waals surface area contributed by atoms with Crippen LogP contribution >= 0.6 is 0 Å². The highest BCUT2D eigenvalue weighted by Gasteiger charge is 2.21. The number of piperazine rings is 1. The summed E-state index contributed by atoms with van der Waals surface area (Å²) >= 11 is 0. The topological polar surface area (TPSA) is 59.3 Å². The Bertz CT molecular complexity index is 806. The molecule has 0 saturated carbocycles. The van der Waals surface area contributed by atoms with E-state index in [-0.39, 0.29) is 5.56 Å². The standard InChI is InChI=1S/C18H21FN6/c1-13-10-17(23(2)3)22-18(21-13)25-8-6-24(7-9-25)15-5-4-14(12-20)16(19)11-15/h4-5,10-11H,6-9H2,1-3H3. The summed E-state index contributed by atoms with van der Waals surface area (Å²) in [7, 11) is 3.92. The Morgan fingerprint density at radius 2 is 1.76 bits per heavy atom. The summed E-state index contributed by atoms with van der Waals surface area (Å²) in [5.74, 6) is 1.15. The third-order valence-electron chi connectivity index (χ3n) is 4.29. The highest BCUT2D eigenvalue weighted by molar-refractivity contribution is 5.52. The van der Waals surface area contributed by atoms with Crippen molar-refractivity contribution in [1.82, 2.24) is 9.97 Å². The molecule has 25 heavy (non-hydrogen) atoms. The molecule has 2 aromatic rings. The number of nitriles is 1. The minimum atomic E-state index is -0.472. The SMILES string of the molecule is Cc1cc(N(C)C)nc(N2CCN(c3ccc(C#N)c(F)c3)CC2)n1. The van der Waals surface area contributed by atoms with Gasteiger partial charge in [-0.1, -0.05) is 0 Å². The maximum absolute atomic E-state index is 13.8. The first-order valence-electron chi connectivity index (χ1n) is 8.20. The van der Waals surface area contributed by atoms with Crippen LogP contribution in [0.3, 0.4) is 0 Å². The number of hydrogen-bond acceptors (Lipinski definition) is 6. The second kappa shape index (κ2) is 6.93. The van der Waals surface area contributed by atoms with Crippen molar-refractivity contribution in [1.29, 1.82) is 5.26 Å². The van der Waals surface area contributed by atoms with Gasteiger partial charge in [0.2, 0.25) is 5.95 Å². The molecule has 1 saturated heterocycles. The van der Waals surface area contributed by atoms with Crippen molar-refractivity contribution in [2.45, 2.75) is 6.92 Å². The molecule has 1 fully saturated rings. The summed E-state index contributed by atoms with van der Waals surface area (Å²) in [5.41, 5.74) is 1.81. The molecule has 1 aromatic heterocycles. The Morgan fingerprint density at radius 3 is 2.36 bits per heavy atom. The number of aromatic nitrogens is 2. The van der Waals surface area contributed by atoms with Gasteiger partial charge < -0.3 is 14.7 Å². The molecule has 0 radical (unpaired) electrons. The summed E-state index contributed by atoms with van der Waals surface area (Å²) < 4.78 is 13.8. The zero-order valence-corrected chi connectivity index (χ0v) is 14.7. The van der Waals surface area contributed by atoms with Crippen molar-refractivity contribution in [3.63, 3.8) is 0 Å². The van der Waals surface area contributed by atoms with E-state index < -0.39 is 5.82 Å². The van der Waals surface area contributed by atoms with Crippen molar-refractivity contribution >= 4 is 17.5 Å². The first kappa shape index (κ1) is 17.0. The van der Waals surface area contributed by atoms with Crippen molar-refractivity contribution in [3.8, 4) is 6.07 Å². The fourth-order valence-electron chi connectivity index (χ4n) is 2.86. The smallest absolute Gasteiger partial charge is 0.227 e. The molecular formula is C18H21FN6. The molecule has 1 aliphatic rings. The average molecular weight is 340 g/mol. The van der Waals surface area contributed by atoms with E-state index in [1.165, 1.54) is 12.1 Å². The number of rotatable bonds is 3. The maximum Gasteiger partial charge on any atom is 0.227 e. The van der Waals surface area contributed by atoms with Gasteiger partial charge in [0, 0.05) is 57.7 Å². The van der Waals surface area contributed by atoms with Gasteiger partial charge in [-0.25, -0.2) is 9.37 Å². The summed E-state index contributed by atoms with van der Waals surface area (Å²) in [5, 5.41) is 8.84. The summed E-state index contributed by atoms with van der Waals surface area (Å²) in [4.78, 5) is 15.4. The lowest BCUT2D eigenvalue weighted by atomic mass is 10.2. The van der Waals surface area contributed by atoms with Crippen LogP contribution in [0.25, 0.3) is 0 Å². The molecule has 6 nitrogen and oxygen atoms in total. The predicted molar refractivity (Wildman–Crippen MR) is 96.6 cm³/mol. The van der Waals surface area contributed by atoms with E-state index >= 15 is 0 Å². The molecule has 1 aromatic carbocycles. The molecule has 0 unspecified atom stereocenters. The molecule has 0 aliphatic carbocycles. The van der Waals surface area contributed by atoms with Gasteiger partial charge in [0.05, 0.1) is 5.56 Å². The normalized spacial score (nSPS) is 14.4. The molecule has 0 N–H and O–H groups in total. The van der Waals surface area contributed by atoms with Crippen LogP contribution in [-0.2, 0) is 0 Å². The molecule has 7 heteroatoms. The monoisotopic (exact) mass is 340 g/mol. The molecule has 3 rings (SSSR count). The van der Waals surface area contributed by atoms with E-state index in [1.54, 1.807) is 6.07 Å². The first-order valence-corrected chi connectivity index (χ1v) is 8.20. The van der Waals surface area contributed by atoms with Gasteiger partial charge in [-0.15, -0.1) is 0 Å². The first-order chi connectivity index (χ1) is 12.0. The minimum Gasteiger partial charge on any atom is -0.368 e. The third-order valence-corrected chi connectivity index (χ3v) is 4.29. The number of anilines is 3. The van der Waals surface area contributed by atoms with E-state index in [9.17, 15) is 4.39 Å². The fraction of sp³-hybridized carbons (Fsp3) is 0.389. The van der Waals surface area contributed by atoms with Gasteiger partial charge in [0.15, 0.2) is 0 Å². The van der Waals surface area contributed by atoms with Crippen molar-refractivity contribution in [3.05, 3.63) is 41.3 Å². The van der Waals surface area contributed by atoms with Gasteiger partial charge in [0.1, 0.15) is 17.7 Å². The minimum absolute atomic E-state index is 0.0757. The number of nitrogens with zero attached hydrogens (tertiary/aromatic N) is 6. The number of aryl methyl sites for hydroxylation is 1. The van der Waals surface area contributed by atoms with Crippen LogP contribution in [0.2, 0.25) is 0 Å². The van der Waals surface area contributed by atoms with Crippen LogP contribution in [0.5, 0.6) is 0 Å². The quantitative estimate of drug-likeness (QED) is 0.854. The Morgan fingerprint density at radius 1 is 1.08 bits per heavy atom. The summed E-state index contributed by atoms with van der Waals surface area (Å²) in [6.07, 6.45) is 0. The zero-order chi connectivity index (χ0) is 18.0. The molecular weight excluding hydrogens is 319 g/mol. The zero-order valence-electron chi connectivity index (χ0n) is 14.7. The van der Waals surface area contributed by atoms with Gasteiger partial charge >= 0.3 is 0 Å². The lowest BCUT2D eigenvalue weighted by molar-refractivity contribution is 0.614. The lowest BCUT2D eigenvalue weighted by Crippen LogP contribution is -2.47. The molecule has 130 valence electrons. The highest BCUT2D eigenvalue weighted by Crippen LogP contribution is 2.22. The van der Waals surface area contributed by atoms with E-state index in [0.717, 1.165) is 49.3 Å². The Kier molecular flexibility index (Phi) is 4.70. The van der Waals surface area contributed by atoms with Gasteiger partial charge in [0.25, 0.3) is 0 Å². The predicted octanol–water partition coefficient (Wildman–Crippen LogP) is 2.19. The number of hydrogen-bond donors (Lipinski definition) is 0. The lowest BCUT2D eigenvalue weighted by Gasteiger charge is -2.36. The molecule has 0 amide bonds. The Labute approximate surface area is 147 Å². The van der Waals surface area contributed by atoms with Crippen LogP contribution in [0, 0.1) is 24.1 Å². The van der Waals surface area contributed by atoms with Gasteiger partial charge in [-0.05, 0) is 25.1 Å². The van der Waals surface area contributed by atoms with Crippen molar-refractivity contribution in [2.75, 3.05) is 55.0 Å². The molecule has 2 heterocycles. The van der Waals surface area contributed by atoms with E-state index in [1.807, 2.05) is 38.1 Å². The van der Waals surface area contributed by atoms with Gasteiger partial charge in [-0.3, -0.25) is 0 Å². The largest absolute Gasteiger partial charge is 0.368 e. The second-order valence-electron chi connectivity index (χ2n) is 6.31. The fourth-order valence-corrected chi connectivity index (χ4v) is 2.86. The maximum atomic E-state index is 13.8. The average Bonchev–Trinajstić information content (AvgIpc) is 2.61. The van der Waals surface area contributed by atoms with Crippen molar-refractivity contribution < 1.29 is 4.39 Å². The molecule has 0 spiro atoms. The molecule has 0 atom stereocenters. The van der Waals surface area contributed by atoms with E-state index in [4.69, 9.17) is 5.26 Å². The third kappa shape index (κ3) is 3.63. The summed E-state index contributed by atoms with van der Waals surface area (Å²) in [6, 6.07) is 8.57. The molecule has 1 aliphatic heterocycles. The Balaban J connectivity index is 1.72. The number of halogens is 1. The van der Waals surface area contributed by atoms with Crippen LogP contribution in [0.4, 0.5) is 21.8 Å². The molecule has 0 bridgehead atoms. The second-order valence-corrected chi connectivity index (χ2v) is 6.31. The highest BCUT2D eigenvalue weighted by atomic mass is 19.1. The van der Waals surface area contributed by atoms with Gasteiger partial charge in [-0.2, -0.15) is 10.2 Å². The van der Waals surface area contributed by atoms with E-state index in [2.05, 4.69) is 19.8 Å². The number of benzene rings is 1. The van der Waals surface area contributed by atoms with E-state index in [0.29, 0.717) is 0 Å². The Hall–Kier alpha value is -2.88. The van der Waals surface area contributed by atoms with Crippen LogP contribution < -0.4 is 14.7 Å². The summed E-state index contributed by atoms with van der Waals surface area (Å²) in [6.45, 7) is 4.99. The van der Waals surface area contributed by atoms with Crippen LogP contribution in [0.15, 0.2) is 24.3 Å². The van der Waals surface area contributed by atoms with Crippen molar-refractivity contribution in [2.24, 2.45) is 0 Å². The van der Waals surface area contributed by atoms with Crippen LogP contribution in [-0.4, -0.2) is 50.2 Å².